The maximum Gasteiger partial charge on any atom is 0.248 e. The van der Waals surface area contributed by atoms with Gasteiger partial charge in [-0.1, -0.05) is 30.4 Å². The Hall–Kier alpha value is -2.62. The average molecular weight is 253 g/mol. The van der Waals surface area contributed by atoms with Crippen molar-refractivity contribution in [1.82, 2.24) is 10.2 Å². The monoisotopic (exact) mass is 253 g/mol. The summed E-state index contributed by atoms with van der Waals surface area (Å²) in [6.07, 6.45) is 8.57. The van der Waals surface area contributed by atoms with Gasteiger partial charge in [-0.3, -0.25) is 9.89 Å². The fourth-order valence-electron chi connectivity index (χ4n) is 1.59. The van der Waals surface area contributed by atoms with Gasteiger partial charge in [-0.25, -0.2) is 0 Å². The van der Waals surface area contributed by atoms with E-state index in [0.717, 1.165) is 16.9 Å². The molecule has 0 spiro atoms. The number of aromatic nitrogens is 2. The summed E-state index contributed by atoms with van der Waals surface area (Å²) in [4.78, 5) is 11.6. The van der Waals surface area contributed by atoms with Crippen molar-refractivity contribution >= 4 is 11.6 Å². The smallest absolute Gasteiger partial charge is 0.248 e. The third-order valence-corrected chi connectivity index (χ3v) is 2.52. The molecule has 1 amide bonds. The number of allylic oxidation sites excluding steroid dienone is 3. The van der Waals surface area contributed by atoms with E-state index in [0.29, 0.717) is 0 Å². The normalized spacial score (nSPS) is 11.2. The van der Waals surface area contributed by atoms with Crippen LogP contribution >= 0.6 is 0 Å². The van der Waals surface area contributed by atoms with Gasteiger partial charge in [-0.15, -0.1) is 0 Å². The number of rotatable bonds is 4. The van der Waals surface area contributed by atoms with Gasteiger partial charge < -0.3 is 5.32 Å². The summed E-state index contributed by atoms with van der Waals surface area (Å²) < 4.78 is 0. The van der Waals surface area contributed by atoms with Crippen molar-refractivity contribution in [3.8, 4) is 11.3 Å². The molecule has 0 aliphatic carbocycles. The van der Waals surface area contributed by atoms with Crippen LogP contribution in [-0.2, 0) is 4.79 Å². The third kappa shape index (κ3) is 3.67. The highest BCUT2D eigenvalue weighted by atomic mass is 16.1. The molecule has 0 aliphatic rings. The van der Waals surface area contributed by atoms with Gasteiger partial charge in [-0.05, 0) is 30.7 Å². The first-order valence-corrected chi connectivity index (χ1v) is 6.00. The molecule has 0 fully saturated rings. The topological polar surface area (TPSA) is 57.8 Å². The molecule has 1 aromatic carbocycles. The Morgan fingerprint density at radius 2 is 2.00 bits per heavy atom. The zero-order chi connectivity index (χ0) is 13.5. The largest absolute Gasteiger partial charge is 0.323 e. The van der Waals surface area contributed by atoms with Crippen molar-refractivity contribution < 1.29 is 4.79 Å². The van der Waals surface area contributed by atoms with Gasteiger partial charge in [0.05, 0.1) is 5.69 Å². The summed E-state index contributed by atoms with van der Waals surface area (Å²) in [6.45, 7) is 1.90. The fourth-order valence-corrected chi connectivity index (χ4v) is 1.59. The van der Waals surface area contributed by atoms with Crippen molar-refractivity contribution in [2.45, 2.75) is 6.92 Å². The molecule has 0 atom stereocenters. The van der Waals surface area contributed by atoms with Crippen molar-refractivity contribution in [1.29, 1.82) is 0 Å². The molecule has 0 aliphatic heterocycles. The van der Waals surface area contributed by atoms with Crippen LogP contribution in [0.15, 0.2) is 60.8 Å². The molecule has 0 unspecified atom stereocenters. The van der Waals surface area contributed by atoms with E-state index < -0.39 is 0 Å². The third-order valence-electron chi connectivity index (χ3n) is 2.52. The summed E-state index contributed by atoms with van der Waals surface area (Å²) in [5, 5.41) is 9.58. The lowest BCUT2D eigenvalue weighted by molar-refractivity contribution is -0.111. The van der Waals surface area contributed by atoms with Crippen LogP contribution in [-0.4, -0.2) is 16.1 Å². The number of carbonyl (C=O) groups is 1. The lowest BCUT2D eigenvalue weighted by Gasteiger charge is -2.03. The van der Waals surface area contributed by atoms with Crippen LogP contribution in [0.4, 0.5) is 5.69 Å². The minimum Gasteiger partial charge on any atom is -0.323 e. The molecule has 2 aromatic rings. The molecular formula is C15H15N3O. The Bertz CT molecular complexity index is 580. The number of aromatic amines is 1. The maximum absolute atomic E-state index is 11.6. The van der Waals surface area contributed by atoms with E-state index in [1.807, 2.05) is 43.3 Å². The number of anilines is 1. The minimum absolute atomic E-state index is 0.146. The number of hydrogen-bond acceptors (Lipinski definition) is 2. The summed E-state index contributed by atoms with van der Waals surface area (Å²) in [5.41, 5.74) is 2.74. The molecule has 1 aromatic heterocycles. The standard InChI is InChI=1S/C15H15N3O/c1-2-3-4-5-15(19)17-13-8-6-12(7-9-13)14-10-11-16-18-14/h2-11H,1H3,(H,16,18)(H,17,19)/b3-2+,5-4+. The van der Waals surface area contributed by atoms with Crippen LogP contribution in [0.2, 0.25) is 0 Å². The number of H-pyrrole nitrogens is 1. The predicted molar refractivity (Wildman–Crippen MR) is 76.6 cm³/mol. The quantitative estimate of drug-likeness (QED) is 0.649. The second-order valence-corrected chi connectivity index (χ2v) is 3.92. The molecule has 2 N–H and O–H groups in total. The fraction of sp³-hybridized carbons (Fsp3) is 0.0667. The van der Waals surface area contributed by atoms with Gasteiger partial charge in [0.2, 0.25) is 5.91 Å². The SMILES string of the molecule is C/C=C/C=C/C(=O)Nc1ccc(-c2ccn[nH]2)cc1. The lowest BCUT2D eigenvalue weighted by Crippen LogP contribution is -2.07. The van der Waals surface area contributed by atoms with Crippen LogP contribution in [0.5, 0.6) is 0 Å². The van der Waals surface area contributed by atoms with E-state index in [1.165, 1.54) is 6.08 Å². The van der Waals surface area contributed by atoms with Crippen LogP contribution in [0.25, 0.3) is 11.3 Å². The van der Waals surface area contributed by atoms with Crippen LogP contribution in [0.3, 0.4) is 0 Å². The Kier molecular flexibility index (Phi) is 4.29. The van der Waals surface area contributed by atoms with E-state index >= 15 is 0 Å². The summed E-state index contributed by atoms with van der Waals surface area (Å²) in [7, 11) is 0. The van der Waals surface area contributed by atoms with Crippen molar-refractivity contribution in [2.24, 2.45) is 0 Å². The highest BCUT2D eigenvalue weighted by Gasteiger charge is 2.00. The molecule has 96 valence electrons. The zero-order valence-corrected chi connectivity index (χ0v) is 10.6. The van der Waals surface area contributed by atoms with Crippen molar-refractivity contribution in [3.63, 3.8) is 0 Å². The molecule has 0 saturated heterocycles. The zero-order valence-electron chi connectivity index (χ0n) is 10.6. The molecule has 0 saturated carbocycles. The lowest BCUT2D eigenvalue weighted by atomic mass is 10.1. The minimum atomic E-state index is -0.146. The predicted octanol–water partition coefficient (Wildman–Crippen LogP) is 3.15. The highest BCUT2D eigenvalue weighted by molar-refractivity contribution is 5.99. The Labute approximate surface area is 111 Å². The molecule has 0 bridgehead atoms. The summed E-state index contributed by atoms with van der Waals surface area (Å²) in [5.74, 6) is -0.146. The molecule has 19 heavy (non-hydrogen) atoms. The number of carbonyl (C=O) groups excluding carboxylic acids is 1. The van der Waals surface area contributed by atoms with Crippen molar-refractivity contribution in [2.75, 3.05) is 5.32 Å². The van der Waals surface area contributed by atoms with Gasteiger partial charge in [-0.2, -0.15) is 5.10 Å². The van der Waals surface area contributed by atoms with Crippen LogP contribution < -0.4 is 5.32 Å². The number of nitrogens with one attached hydrogen (secondary N) is 2. The molecule has 4 heteroatoms. The Morgan fingerprint density at radius 1 is 1.21 bits per heavy atom. The van der Waals surface area contributed by atoms with E-state index in [9.17, 15) is 4.79 Å². The molecule has 2 rings (SSSR count). The highest BCUT2D eigenvalue weighted by Crippen LogP contribution is 2.18. The summed E-state index contributed by atoms with van der Waals surface area (Å²) >= 11 is 0. The van der Waals surface area contributed by atoms with Crippen molar-refractivity contribution in [3.05, 3.63) is 60.8 Å². The second kappa shape index (κ2) is 6.35. The van der Waals surface area contributed by atoms with Crippen LogP contribution in [0.1, 0.15) is 6.92 Å². The van der Waals surface area contributed by atoms with Crippen LogP contribution in [0, 0.1) is 0 Å². The Balaban J connectivity index is 2.01. The molecule has 1 heterocycles. The number of amides is 1. The van der Waals surface area contributed by atoms with E-state index in [1.54, 1.807) is 18.3 Å². The van der Waals surface area contributed by atoms with Gasteiger partial charge in [0.15, 0.2) is 0 Å². The van der Waals surface area contributed by atoms with Gasteiger partial charge in [0, 0.05) is 18.0 Å². The average Bonchev–Trinajstić information content (AvgIpc) is 2.94. The van der Waals surface area contributed by atoms with E-state index in [-0.39, 0.29) is 5.91 Å². The van der Waals surface area contributed by atoms with E-state index in [4.69, 9.17) is 0 Å². The van der Waals surface area contributed by atoms with Gasteiger partial charge in [0.25, 0.3) is 0 Å². The first-order valence-electron chi connectivity index (χ1n) is 6.00. The number of hydrogen-bond donors (Lipinski definition) is 2. The summed E-state index contributed by atoms with van der Waals surface area (Å²) in [6, 6.07) is 9.47. The molecule has 0 radical (unpaired) electrons. The number of benzene rings is 1. The first kappa shape index (κ1) is 12.8. The molecule has 4 nitrogen and oxygen atoms in total. The molecular weight excluding hydrogens is 238 g/mol. The van der Waals surface area contributed by atoms with E-state index in [2.05, 4.69) is 15.5 Å². The first-order chi connectivity index (χ1) is 9.29. The van der Waals surface area contributed by atoms with Gasteiger partial charge >= 0.3 is 0 Å². The van der Waals surface area contributed by atoms with Gasteiger partial charge in [0.1, 0.15) is 0 Å². The maximum atomic E-state index is 11.6. The Morgan fingerprint density at radius 3 is 2.63 bits per heavy atom. The number of nitrogens with zero attached hydrogens (tertiary/aromatic N) is 1. The second-order valence-electron chi connectivity index (χ2n) is 3.92.